The fourth-order valence-electron chi connectivity index (χ4n) is 2.63. The average Bonchev–Trinajstić information content (AvgIpc) is 2.73. The molecule has 2 rings (SSSR count). The Labute approximate surface area is 109 Å². The minimum absolute atomic E-state index is 0.705. The van der Waals surface area contributed by atoms with Gasteiger partial charge in [-0.3, -0.25) is 0 Å². The van der Waals surface area contributed by atoms with Gasteiger partial charge in [0.05, 0.1) is 10.7 Å². The summed E-state index contributed by atoms with van der Waals surface area (Å²) in [5.74, 6) is 0.705. The van der Waals surface area contributed by atoms with Crippen molar-refractivity contribution >= 4 is 16.3 Å². The molecule has 17 heavy (non-hydrogen) atoms. The van der Waals surface area contributed by atoms with Crippen LogP contribution in [0.15, 0.2) is 0 Å². The maximum absolute atomic E-state index is 6.09. The monoisotopic (exact) mass is 252 g/mol. The van der Waals surface area contributed by atoms with Crippen LogP contribution in [-0.2, 0) is 6.42 Å². The molecule has 1 aliphatic carbocycles. The van der Waals surface area contributed by atoms with E-state index in [0.29, 0.717) is 5.92 Å². The van der Waals surface area contributed by atoms with Crippen LogP contribution in [-0.4, -0.2) is 4.98 Å². The molecule has 1 heterocycles. The number of aryl methyl sites for hydroxylation is 1. The number of hydrogen-bond acceptors (Lipinski definition) is 3. The van der Waals surface area contributed by atoms with Crippen molar-refractivity contribution in [2.24, 2.45) is 0 Å². The summed E-state index contributed by atoms with van der Waals surface area (Å²) in [5, 5.41) is 2.29. The van der Waals surface area contributed by atoms with Crippen molar-refractivity contribution in [1.82, 2.24) is 4.98 Å². The van der Waals surface area contributed by atoms with Gasteiger partial charge < -0.3 is 5.73 Å². The third-order valence-corrected chi connectivity index (χ3v) is 4.80. The summed E-state index contributed by atoms with van der Waals surface area (Å²) in [6.45, 7) is 2.23. The Morgan fingerprint density at radius 2 is 2.00 bits per heavy atom. The van der Waals surface area contributed by atoms with Gasteiger partial charge in [-0.1, -0.05) is 39.0 Å². The van der Waals surface area contributed by atoms with Crippen molar-refractivity contribution in [3.63, 3.8) is 0 Å². The van der Waals surface area contributed by atoms with Crippen LogP contribution < -0.4 is 5.73 Å². The maximum Gasteiger partial charge on any atom is 0.109 e. The summed E-state index contributed by atoms with van der Waals surface area (Å²) in [7, 11) is 0. The van der Waals surface area contributed by atoms with Gasteiger partial charge in [-0.15, -0.1) is 11.3 Å². The first-order valence-corrected chi connectivity index (χ1v) is 7.88. The largest absolute Gasteiger partial charge is 0.389 e. The highest BCUT2D eigenvalue weighted by molar-refractivity contribution is 7.15. The van der Waals surface area contributed by atoms with Crippen LogP contribution in [0.3, 0.4) is 0 Å². The van der Waals surface area contributed by atoms with E-state index in [4.69, 9.17) is 10.7 Å². The summed E-state index contributed by atoms with van der Waals surface area (Å²) < 4.78 is 0. The van der Waals surface area contributed by atoms with Gasteiger partial charge in [0, 0.05) is 5.92 Å². The van der Waals surface area contributed by atoms with E-state index in [1.54, 1.807) is 11.3 Å². The molecule has 2 N–H and O–H groups in total. The molecule has 1 aromatic rings. The number of unbranched alkanes of at least 4 members (excludes halogenated alkanes) is 2. The molecule has 0 aromatic carbocycles. The van der Waals surface area contributed by atoms with Gasteiger partial charge in [-0.05, 0) is 25.7 Å². The summed E-state index contributed by atoms with van der Waals surface area (Å²) in [5.41, 5.74) is 7.26. The third-order valence-electron chi connectivity index (χ3n) is 3.72. The predicted octanol–water partition coefficient (Wildman–Crippen LogP) is 4.51. The van der Waals surface area contributed by atoms with E-state index in [1.807, 2.05) is 0 Å². The zero-order valence-corrected chi connectivity index (χ0v) is 11.7. The summed E-state index contributed by atoms with van der Waals surface area (Å²) >= 11 is 1.75. The number of nitrogens with zero attached hydrogens (tertiary/aromatic N) is 1. The number of nitrogens with two attached hydrogens (primary N) is 1. The molecular weight excluding hydrogens is 228 g/mol. The molecule has 2 nitrogen and oxygen atoms in total. The molecule has 3 heteroatoms. The fraction of sp³-hybridized carbons (Fsp3) is 0.786. The van der Waals surface area contributed by atoms with Gasteiger partial charge in [0.1, 0.15) is 5.00 Å². The molecule has 0 unspecified atom stereocenters. The third kappa shape index (κ3) is 3.44. The van der Waals surface area contributed by atoms with Crippen molar-refractivity contribution in [3.05, 3.63) is 10.7 Å². The number of rotatable bonds is 5. The first kappa shape index (κ1) is 12.9. The molecule has 0 saturated heterocycles. The van der Waals surface area contributed by atoms with E-state index in [-0.39, 0.29) is 0 Å². The van der Waals surface area contributed by atoms with Gasteiger partial charge in [-0.25, -0.2) is 4.98 Å². The number of thiazole rings is 1. The Morgan fingerprint density at radius 3 is 2.71 bits per heavy atom. The molecule has 0 amide bonds. The highest BCUT2D eigenvalue weighted by Crippen LogP contribution is 2.37. The van der Waals surface area contributed by atoms with E-state index in [9.17, 15) is 0 Å². The van der Waals surface area contributed by atoms with E-state index < -0.39 is 0 Å². The molecule has 1 aliphatic rings. The molecule has 0 radical (unpaired) electrons. The SMILES string of the molecule is CCCCCc1nc(C2CCCCC2)sc1N. The zero-order chi connectivity index (χ0) is 12.1. The van der Waals surface area contributed by atoms with Crippen molar-refractivity contribution in [2.75, 3.05) is 5.73 Å². The average molecular weight is 252 g/mol. The van der Waals surface area contributed by atoms with Crippen LogP contribution in [0.4, 0.5) is 5.00 Å². The summed E-state index contributed by atoms with van der Waals surface area (Å²) in [6.07, 6.45) is 11.6. The quantitative estimate of drug-likeness (QED) is 0.783. The molecule has 1 aromatic heterocycles. The van der Waals surface area contributed by atoms with E-state index in [2.05, 4.69) is 6.92 Å². The topological polar surface area (TPSA) is 38.9 Å². The van der Waals surface area contributed by atoms with Crippen molar-refractivity contribution in [1.29, 1.82) is 0 Å². The lowest BCUT2D eigenvalue weighted by molar-refractivity contribution is 0.442. The fourth-order valence-corrected chi connectivity index (χ4v) is 3.68. The standard InChI is InChI=1S/C14H24N2S/c1-2-3-5-10-12-13(15)17-14(16-12)11-8-6-4-7-9-11/h11H,2-10,15H2,1H3. The number of nitrogen functional groups attached to an aromatic ring is 1. The molecule has 0 aliphatic heterocycles. The molecule has 0 spiro atoms. The summed E-state index contributed by atoms with van der Waals surface area (Å²) in [4.78, 5) is 4.80. The minimum Gasteiger partial charge on any atom is -0.389 e. The van der Waals surface area contributed by atoms with Gasteiger partial charge >= 0.3 is 0 Å². The molecule has 96 valence electrons. The highest BCUT2D eigenvalue weighted by atomic mass is 32.1. The molecular formula is C14H24N2S. The number of anilines is 1. The second-order valence-corrected chi connectivity index (χ2v) is 6.22. The van der Waals surface area contributed by atoms with Crippen LogP contribution in [0.25, 0.3) is 0 Å². The Balaban J connectivity index is 1.96. The van der Waals surface area contributed by atoms with Crippen LogP contribution >= 0.6 is 11.3 Å². The molecule has 1 saturated carbocycles. The molecule has 0 bridgehead atoms. The second kappa shape index (κ2) is 6.39. The second-order valence-electron chi connectivity index (χ2n) is 5.16. The summed E-state index contributed by atoms with van der Waals surface area (Å²) in [6, 6.07) is 0. The van der Waals surface area contributed by atoms with Gasteiger partial charge in [0.15, 0.2) is 0 Å². The van der Waals surface area contributed by atoms with E-state index in [0.717, 1.165) is 11.4 Å². The number of aromatic nitrogens is 1. The molecule has 1 fully saturated rings. The Morgan fingerprint density at radius 1 is 1.24 bits per heavy atom. The smallest absolute Gasteiger partial charge is 0.109 e. The zero-order valence-electron chi connectivity index (χ0n) is 10.9. The Hall–Kier alpha value is -0.570. The van der Waals surface area contributed by atoms with Crippen LogP contribution in [0.5, 0.6) is 0 Å². The lowest BCUT2D eigenvalue weighted by Crippen LogP contribution is -2.04. The predicted molar refractivity (Wildman–Crippen MR) is 75.6 cm³/mol. The number of hydrogen-bond donors (Lipinski definition) is 1. The maximum atomic E-state index is 6.09. The Bertz CT molecular complexity index is 340. The van der Waals surface area contributed by atoms with Crippen LogP contribution in [0, 0.1) is 0 Å². The van der Waals surface area contributed by atoms with Gasteiger partial charge in [-0.2, -0.15) is 0 Å². The van der Waals surface area contributed by atoms with E-state index >= 15 is 0 Å². The lowest BCUT2D eigenvalue weighted by Gasteiger charge is -2.18. The van der Waals surface area contributed by atoms with Crippen molar-refractivity contribution in [3.8, 4) is 0 Å². The normalized spacial score (nSPS) is 17.5. The van der Waals surface area contributed by atoms with Crippen LogP contribution in [0.2, 0.25) is 0 Å². The lowest BCUT2D eigenvalue weighted by atomic mass is 9.90. The van der Waals surface area contributed by atoms with Gasteiger partial charge in [0.25, 0.3) is 0 Å². The molecule has 0 atom stereocenters. The van der Waals surface area contributed by atoms with Gasteiger partial charge in [0.2, 0.25) is 0 Å². The highest BCUT2D eigenvalue weighted by Gasteiger charge is 2.20. The minimum atomic E-state index is 0.705. The van der Waals surface area contributed by atoms with Crippen LogP contribution in [0.1, 0.15) is 74.9 Å². The van der Waals surface area contributed by atoms with Crippen molar-refractivity contribution < 1.29 is 0 Å². The first-order valence-electron chi connectivity index (χ1n) is 7.06. The Kier molecular flexibility index (Phi) is 4.84. The van der Waals surface area contributed by atoms with E-state index in [1.165, 1.54) is 62.1 Å². The van der Waals surface area contributed by atoms with Crippen molar-refractivity contribution in [2.45, 2.75) is 70.6 Å². The first-order chi connectivity index (χ1) is 8.31.